The molecule has 0 aliphatic rings. The molecule has 0 aliphatic carbocycles. The average Bonchev–Trinajstić information content (AvgIpc) is 3.20. The molecule has 0 aliphatic heterocycles. The van der Waals surface area contributed by atoms with Crippen molar-refractivity contribution in [1.29, 1.82) is 0 Å². The van der Waals surface area contributed by atoms with Gasteiger partial charge >= 0.3 is 0 Å². The van der Waals surface area contributed by atoms with Gasteiger partial charge in [-0.3, -0.25) is 4.79 Å². The van der Waals surface area contributed by atoms with E-state index in [1.807, 2.05) is 49.4 Å². The van der Waals surface area contributed by atoms with E-state index in [1.54, 1.807) is 36.4 Å². The number of phenolic OH excluding ortho intramolecular Hbond substituents is 1. The lowest BCUT2D eigenvalue weighted by atomic mass is 10.1. The number of carbonyl (C=O) groups is 1. The van der Waals surface area contributed by atoms with E-state index in [-0.39, 0.29) is 11.7 Å². The number of aryl methyl sites for hydroxylation is 1. The maximum absolute atomic E-state index is 12.3. The number of hydrogen-bond donors (Lipinski definition) is 2. The van der Waals surface area contributed by atoms with Gasteiger partial charge in [0.25, 0.3) is 5.91 Å². The summed E-state index contributed by atoms with van der Waals surface area (Å²) in [6.07, 6.45) is 0. The van der Waals surface area contributed by atoms with Crippen LogP contribution in [0.3, 0.4) is 0 Å². The average molecular weight is 370 g/mol. The molecule has 28 heavy (non-hydrogen) atoms. The normalized spacial score (nSPS) is 10.6. The Morgan fingerprint density at radius 3 is 2.21 bits per heavy atom. The van der Waals surface area contributed by atoms with Gasteiger partial charge in [0, 0.05) is 28.4 Å². The van der Waals surface area contributed by atoms with Gasteiger partial charge in [0.2, 0.25) is 0 Å². The van der Waals surface area contributed by atoms with Gasteiger partial charge in [-0.25, -0.2) is 0 Å². The number of carbonyl (C=O) groups excluding carboxylic acids is 1. The first-order chi connectivity index (χ1) is 13.6. The van der Waals surface area contributed by atoms with Crippen molar-refractivity contribution in [1.82, 2.24) is 5.16 Å². The Morgan fingerprint density at radius 1 is 0.893 bits per heavy atom. The Bertz CT molecular complexity index is 1100. The second-order valence-corrected chi connectivity index (χ2v) is 6.52. The maximum Gasteiger partial charge on any atom is 0.255 e. The molecule has 2 N–H and O–H groups in total. The van der Waals surface area contributed by atoms with Crippen LogP contribution in [0, 0.1) is 6.92 Å². The third-order valence-corrected chi connectivity index (χ3v) is 4.41. The highest BCUT2D eigenvalue weighted by Crippen LogP contribution is 2.27. The first-order valence-electron chi connectivity index (χ1n) is 8.83. The van der Waals surface area contributed by atoms with E-state index in [0.29, 0.717) is 22.7 Å². The molecule has 0 fully saturated rings. The number of nitrogens with zero attached hydrogens (tertiary/aromatic N) is 1. The number of anilines is 1. The molecule has 5 nitrogen and oxygen atoms in total. The monoisotopic (exact) mass is 370 g/mol. The quantitative estimate of drug-likeness (QED) is 0.513. The smallest absolute Gasteiger partial charge is 0.255 e. The number of benzene rings is 3. The Kier molecular flexibility index (Phi) is 4.64. The molecule has 0 radical (unpaired) electrons. The van der Waals surface area contributed by atoms with Gasteiger partial charge < -0.3 is 14.9 Å². The van der Waals surface area contributed by atoms with Gasteiger partial charge in [0.1, 0.15) is 11.4 Å². The number of hydrogen-bond acceptors (Lipinski definition) is 4. The van der Waals surface area contributed by atoms with Gasteiger partial charge in [-0.15, -0.1) is 0 Å². The van der Waals surface area contributed by atoms with Crippen molar-refractivity contribution in [2.45, 2.75) is 6.92 Å². The second-order valence-electron chi connectivity index (χ2n) is 6.52. The van der Waals surface area contributed by atoms with Gasteiger partial charge in [-0.2, -0.15) is 0 Å². The van der Waals surface area contributed by atoms with Crippen molar-refractivity contribution in [2.75, 3.05) is 5.32 Å². The highest BCUT2D eigenvalue weighted by Gasteiger charge is 2.10. The molecule has 0 atom stereocenters. The zero-order valence-electron chi connectivity index (χ0n) is 15.2. The van der Waals surface area contributed by atoms with Crippen LogP contribution < -0.4 is 5.32 Å². The molecule has 4 rings (SSSR count). The molecule has 5 heteroatoms. The largest absolute Gasteiger partial charge is 0.508 e. The van der Waals surface area contributed by atoms with Gasteiger partial charge in [0.15, 0.2) is 5.76 Å². The highest BCUT2D eigenvalue weighted by molar-refractivity contribution is 6.04. The molecule has 0 unspecified atom stereocenters. The van der Waals surface area contributed by atoms with E-state index in [9.17, 15) is 9.90 Å². The predicted octanol–water partition coefficient (Wildman–Crippen LogP) is 5.27. The fourth-order valence-corrected chi connectivity index (χ4v) is 2.81. The molecule has 0 spiro atoms. The van der Waals surface area contributed by atoms with Crippen LogP contribution >= 0.6 is 0 Å². The van der Waals surface area contributed by atoms with E-state index in [2.05, 4.69) is 10.5 Å². The fourth-order valence-electron chi connectivity index (χ4n) is 2.81. The van der Waals surface area contributed by atoms with Crippen molar-refractivity contribution in [3.8, 4) is 28.3 Å². The third kappa shape index (κ3) is 3.78. The van der Waals surface area contributed by atoms with Crippen LogP contribution in [0.15, 0.2) is 83.4 Å². The van der Waals surface area contributed by atoms with E-state index in [4.69, 9.17) is 4.52 Å². The molecule has 0 bridgehead atoms. The third-order valence-electron chi connectivity index (χ3n) is 4.41. The predicted molar refractivity (Wildman–Crippen MR) is 108 cm³/mol. The molecule has 4 aromatic rings. The Morgan fingerprint density at radius 2 is 1.54 bits per heavy atom. The summed E-state index contributed by atoms with van der Waals surface area (Å²) in [5.41, 5.74) is 4.82. The van der Waals surface area contributed by atoms with E-state index >= 15 is 0 Å². The molecule has 0 saturated heterocycles. The molecular formula is C23H18N2O3. The van der Waals surface area contributed by atoms with Crippen LogP contribution in [0.25, 0.3) is 22.6 Å². The lowest BCUT2D eigenvalue weighted by Crippen LogP contribution is -2.11. The van der Waals surface area contributed by atoms with Crippen LogP contribution in [0.1, 0.15) is 15.9 Å². The fraction of sp³-hybridized carbons (Fsp3) is 0.0435. The van der Waals surface area contributed by atoms with Crippen LogP contribution in [0.2, 0.25) is 0 Å². The topological polar surface area (TPSA) is 75.4 Å². The first-order valence-corrected chi connectivity index (χ1v) is 8.83. The van der Waals surface area contributed by atoms with Crippen LogP contribution in [0.4, 0.5) is 5.69 Å². The molecule has 1 aromatic heterocycles. The number of amides is 1. The molecule has 1 amide bonds. The minimum absolute atomic E-state index is 0.151. The Balaban J connectivity index is 1.48. The van der Waals surface area contributed by atoms with Crippen molar-refractivity contribution < 1.29 is 14.4 Å². The number of rotatable bonds is 4. The van der Waals surface area contributed by atoms with Gasteiger partial charge in [-0.05, 0) is 67.6 Å². The van der Waals surface area contributed by atoms with Crippen LogP contribution in [0.5, 0.6) is 5.75 Å². The summed E-state index contributed by atoms with van der Waals surface area (Å²) < 4.78 is 5.44. The summed E-state index contributed by atoms with van der Waals surface area (Å²) in [5, 5.41) is 16.4. The lowest BCUT2D eigenvalue weighted by molar-refractivity contribution is 0.102. The molecule has 138 valence electrons. The Hall–Kier alpha value is -3.86. The lowest BCUT2D eigenvalue weighted by Gasteiger charge is -2.06. The van der Waals surface area contributed by atoms with E-state index in [1.165, 1.54) is 0 Å². The summed E-state index contributed by atoms with van der Waals surface area (Å²) in [4.78, 5) is 12.3. The van der Waals surface area contributed by atoms with Crippen molar-refractivity contribution >= 4 is 11.6 Å². The van der Waals surface area contributed by atoms with Crippen molar-refractivity contribution in [2.24, 2.45) is 0 Å². The van der Waals surface area contributed by atoms with Gasteiger partial charge in [0.05, 0.1) is 0 Å². The summed E-state index contributed by atoms with van der Waals surface area (Å²) >= 11 is 0. The first kappa shape index (κ1) is 17.5. The molecular weight excluding hydrogens is 352 g/mol. The zero-order valence-corrected chi connectivity index (χ0v) is 15.2. The summed E-state index contributed by atoms with van der Waals surface area (Å²) in [6.45, 7) is 1.98. The van der Waals surface area contributed by atoms with E-state index < -0.39 is 0 Å². The number of nitrogens with one attached hydrogen (secondary N) is 1. The second kappa shape index (κ2) is 7.40. The highest BCUT2D eigenvalue weighted by atomic mass is 16.5. The van der Waals surface area contributed by atoms with Crippen molar-refractivity contribution in [3.63, 3.8) is 0 Å². The standard InChI is InChI=1S/C23H18N2O3/c1-15-2-4-18(5-3-15)23(27)24-19-10-6-17(7-11-19)22-14-21(25-28-22)16-8-12-20(26)13-9-16/h2-14,26H,1H3,(H,24,27). The van der Waals surface area contributed by atoms with E-state index in [0.717, 1.165) is 16.7 Å². The maximum atomic E-state index is 12.3. The summed E-state index contributed by atoms with van der Waals surface area (Å²) in [7, 11) is 0. The van der Waals surface area contributed by atoms with Gasteiger partial charge in [-0.1, -0.05) is 22.9 Å². The van der Waals surface area contributed by atoms with Crippen LogP contribution in [-0.4, -0.2) is 16.2 Å². The molecule has 3 aromatic carbocycles. The number of phenols is 1. The number of aromatic hydroxyl groups is 1. The van der Waals surface area contributed by atoms with Crippen LogP contribution in [-0.2, 0) is 0 Å². The van der Waals surface area contributed by atoms with Crippen molar-refractivity contribution in [3.05, 3.63) is 90.0 Å². The minimum Gasteiger partial charge on any atom is -0.508 e. The number of aromatic nitrogens is 1. The Labute approximate surface area is 162 Å². The molecule has 1 heterocycles. The minimum atomic E-state index is -0.151. The summed E-state index contributed by atoms with van der Waals surface area (Å²) in [5.74, 6) is 0.678. The summed E-state index contributed by atoms with van der Waals surface area (Å²) in [6, 6.07) is 23.4. The molecule has 0 saturated carbocycles. The zero-order chi connectivity index (χ0) is 19.5. The SMILES string of the molecule is Cc1ccc(C(=O)Nc2ccc(-c3cc(-c4ccc(O)cc4)no3)cc2)cc1.